The van der Waals surface area contributed by atoms with Crippen molar-refractivity contribution in [3.05, 3.63) is 12.2 Å². The highest BCUT2D eigenvalue weighted by Gasteiger charge is 2.56. The van der Waals surface area contributed by atoms with Crippen LogP contribution >= 0.6 is 9.47 Å². The molecule has 24 heavy (non-hydrogen) atoms. The number of carbonyl (C=O) groups is 2. The highest BCUT2D eigenvalue weighted by molar-refractivity contribution is 7.09. The highest BCUT2D eigenvalue weighted by Crippen LogP contribution is 2.58. The molecule has 3 saturated carbocycles. The molecule has 0 aromatic rings. The lowest BCUT2D eigenvalue weighted by Gasteiger charge is -2.45. The van der Waals surface area contributed by atoms with Gasteiger partial charge in [0.2, 0.25) is 0 Å². The third-order valence-electron chi connectivity index (χ3n) is 7.13. The third-order valence-corrected chi connectivity index (χ3v) is 7.48. The first kappa shape index (κ1) is 18.1. The standard InChI is InChI=1S/C19H29O4P/c1-12(5-8-16(20)19(10-11-19)17(21)22)13-6-7-14-15(23-24)4-3-9-18(13,14)2/h5,8,12-15H,3-4,6-7,9-11,24H2,1-2H3,(H,21,22)/b8-5+. The number of carbonyl (C=O) groups excluding carboxylic acids is 1. The van der Waals surface area contributed by atoms with Gasteiger partial charge in [-0.05, 0) is 67.8 Å². The Morgan fingerprint density at radius 1 is 1.25 bits per heavy atom. The van der Waals surface area contributed by atoms with Gasteiger partial charge in [0.05, 0.1) is 6.10 Å². The van der Waals surface area contributed by atoms with Crippen LogP contribution in [0, 0.1) is 28.6 Å². The van der Waals surface area contributed by atoms with Gasteiger partial charge >= 0.3 is 5.97 Å². The molecule has 0 bridgehead atoms. The van der Waals surface area contributed by atoms with Crippen LogP contribution in [0.25, 0.3) is 0 Å². The second kappa shape index (κ2) is 6.53. The van der Waals surface area contributed by atoms with Gasteiger partial charge in [0.1, 0.15) is 5.41 Å². The second-order valence-electron chi connectivity index (χ2n) is 8.33. The first-order valence-corrected chi connectivity index (χ1v) is 9.64. The van der Waals surface area contributed by atoms with Crippen molar-refractivity contribution in [2.45, 2.75) is 64.9 Å². The quantitative estimate of drug-likeness (QED) is 0.446. The predicted molar refractivity (Wildman–Crippen MR) is 95.4 cm³/mol. The summed E-state index contributed by atoms with van der Waals surface area (Å²) in [5, 5.41) is 9.23. The molecule has 0 radical (unpaired) electrons. The lowest BCUT2D eigenvalue weighted by atomic mass is 9.62. The van der Waals surface area contributed by atoms with Crippen molar-refractivity contribution in [2.75, 3.05) is 0 Å². The van der Waals surface area contributed by atoms with Gasteiger partial charge in [0.15, 0.2) is 5.78 Å². The normalized spacial score (nSPS) is 38.7. The average molecular weight is 352 g/mol. The van der Waals surface area contributed by atoms with E-state index in [0.29, 0.717) is 30.8 Å². The summed E-state index contributed by atoms with van der Waals surface area (Å²) in [6, 6.07) is 0. The van der Waals surface area contributed by atoms with Crippen LogP contribution in [-0.2, 0) is 14.1 Å². The summed E-state index contributed by atoms with van der Waals surface area (Å²) in [6.07, 6.45) is 10.7. The van der Waals surface area contributed by atoms with Gasteiger partial charge in [-0.25, -0.2) is 0 Å². The number of carboxylic acids is 1. The largest absolute Gasteiger partial charge is 0.480 e. The molecule has 3 aliphatic carbocycles. The van der Waals surface area contributed by atoms with E-state index in [1.54, 1.807) is 6.08 Å². The summed E-state index contributed by atoms with van der Waals surface area (Å²) in [4.78, 5) is 23.5. The Balaban J connectivity index is 1.69. The SMILES string of the molecule is CC(/C=C/C(=O)C1(C(=O)O)CC1)C1CCC2C(OP)CCCC12C. The molecule has 134 valence electrons. The molecule has 0 aromatic heterocycles. The van der Waals surface area contributed by atoms with Crippen molar-refractivity contribution >= 4 is 21.2 Å². The van der Waals surface area contributed by atoms with Crippen molar-refractivity contribution < 1.29 is 19.2 Å². The fourth-order valence-corrected chi connectivity index (χ4v) is 5.74. The minimum absolute atomic E-state index is 0.226. The van der Waals surface area contributed by atoms with E-state index < -0.39 is 11.4 Å². The van der Waals surface area contributed by atoms with E-state index in [0.717, 1.165) is 12.8 Å². The van der Waals surface area contributed by atoms with Crippen LogP contribution in [0.15, 0.2) is 12.2 Å². The van der Waals surface area contributed by atoms with Crippen molar-refractivity contribution in [3.8, 4) is 0 Å². The maximum absolute atomic E-state index is 12.3. The van der Waals surface area contributed by atoms with Crippen LogP contribution in [0.1, 0.15) is 58.8 Å². The van der Waals surface area contributed by atoms with Crippen LogP contribution in [-0.4, -0.2) is 23.0 Å². The van der Waals surface area contributed by atoms with Crippen LogP contribution in [0.5, 0.6) is 0 Å². The molecule has 3 aliphatic rings. The molecule has 1 N–H and O–H groups in total. The Kier molecular flexibility index (Phi) is 4.92. The monoisotopic (exact) mass is 352 g/mol. The van der Waals surface area contributed by atoms with Gasteiger partial charge < -0.3 is 9.63 Å². The number of carboxylic acid groups (broad SMARTS) is 1. The van der Waals surface area contributed by atoms with Crippen molar-refractivity contribution in [1.82, 2.24) is 0 Å². The summed E-state index contributed by atoms with van der Waals surface area (Å²) in [7, 11) is 2.44. The lowest BCUT2D eigenvalue weighted by Crippen LogP contribution is -2.41. The zero-order valence-electron chi connectivity index (χ0n) is 14.7. The zero-order chi connectivity index (χ0) is 17.5. The fourth-order valence-electron chi connectivity index (χ4n) is 5.41. The Labute approximate surface area is 146 Å². The molecule has 0 saturated heterocycles. The van der Waals surface area contributed by atoms with E-state index in [-0.39, 0.29) is 17.1 Å². The zero-order valence-corrected chi connectivity index (χ0v) is 15.8. The molecule has 3 fully saturated rings. The molecule has 4 nitrogen and oxygen atoms in total. The lowest BCUT2D eigenvalue weighted by molar-refractivity contribution is -0.146. The molecule has 6 atom stereocenters. The molecule has 0 aromatic carbocycles. The number of allylic oxidation sites excluding steroid dienone is 2. The minimum atomic E-state index is -1.11. The number of hydrogen-bond donors (Lipinski definition) is 1. The molecular weight excluding hydrogens is 323 g/mol. The van der Waals surface area contributed by atoms with Gasteiger partial charge in [0.25, 0.3) is 0 Å². The van der Waals surface area contributed by atoms with Gasteiger partial charge in [0, 0.05) is 9.47 Å². The van der Waals surface area contributed by atoms with E-state index >= 15 is 0 Å². The summed E-state index contributed by atoms with van der Waals surface area (Å²) < 4.78 is 5.66. The maximum Gasteiger partial charge on any atom is 0.317 e. The summed E-state index contributed by atoms with van der Waals surface area (Å²) in [5.41, 5.74) is -0.849. The smallest absolute Gasteiger partial charge is 0.317 e. The van der Waals surface area contributed by atoms with Crippen LogP contribution in [0.3, 0.4) is 0 Å². The Hall–Kier alpha value is -0.730. The topological polar surface area (TPSA) is 63.6 Å². The molecule has 0 aliphatic heterocycles. The van der Waals surface area contributed by atoms with E-state index in [9.17, 15) is 14.7 Å². The number of hydrogen-bond acceptors (Lipinski definition) is 3. The van der Waals surface area contributed by atoms with Crippen molar-refractivity contribution in [2.24, 2.45) is 28.6 Å². The van der Waals surface area contributed by atoms with Crippen molar-refractivity contribution in [3.63, 3.8) is 0 Å². The molecular formula is C19H29O4P. The molecule has 0 amide bonds. The van der Waals surface area contributed by atoms with Crippen molar-refractivity contribution in [1.29, 1.82) is 0 Å². The average Bonchev–Trinajstić information content (AvgIpc) is 3.29. The van der Waals surface area contributed by atoms with E-state index in [1.807, 2.05) is 6.08 Å². The Bertz CT molecular complexity index is 554. The molecule has 0 spiro atoms. The number of ketones is 1. The molecule has 3 rings (SSSR count). The van der Waals surface area contributed by atoms with Crippen LogP contribution in [0.4, 0.5) is 0 Å². The summed E-state index contributed by atoms with van der Waals surface area (Å²) >= 11 is 0. The summed E-state index contributed by atoms with van der Waals surface area (Å²) in [5.74, 6) is 0.224. The first-order valence-electron chi connectivity index (χ1n) is 9.17. The van der Waals surface area contributed by atoms with Gasteiger partial charge in [-0.2, -0.15) is 0 Å². The van der Waals surface area contributed by atoms with Crippen LogP contribution < -0.4 is 0 Å². The highest BCUT2D eigenvalue weighted by atomic mass is 31.0. The summed E-state index contributed by atoms with van der Waals surface area (Å²) in [6.45, 7) is 4.56. The number of fused-ring (bicyclic) bond motifs is 1. The van der Waals surface area contributed by atoms with Gasteiger partial charge in [-0.1, -0.05) is 26.3 Å². The van der Waals surface area contributed by atoms with Gasteiger partial charge in [-0.15, -0.1) is 0 Å². The maximum atomic E-state index is 12.3. The van der Waals surface area contributed by atoms with E-state index in [2.05, 4.69) is 23.3 Å². The van der Waals surface area contributed by atoms with Crippen LogP contribution in [0.2, 0.25) is 0 Å². The number of rotatable bonds is 6. The molecule has 0 heterocycles. The molecule has 6 unspecified atom stereocenters. The minimum Gasteiger partial charge on any atom is -0.480 e. The third kappa shape index (κ3) is 2.86. The predicted octanol–water partition coefficient (Wildman–Crippen LogP) is 4.00. The Morgan fingerprint density at radius 3 is 2.54 bits per heavy atom. The van der Waals surface area contributed by atoms with E-state index in [1.165, 1.54) is 19.3 Å². The van der Waals surface area contributed by atoms with Gasteiger partial charge in [-0.3, -0.25) is 9.59 Å². The van der Waals surface area contributed by atoms with E-state index in [4.69, 9.17) is 4.52 Å². The Morgan fingerprint density at radius 2 is 1.96 bits per heavy atom. The second-order valence-corrected chi connectivity index (χ2v) is 8.60. The first-order chi connectivity index (χ1) is 11.3. The fraction of sp³-hybridized carbons (Fsp3) is 0.789. The number of aliphatic carboxylic acids is 1. The molecule has 5 heteroatoms.